The van der Waals surface area contributed by atoms with Crippen molar-refractivity contribution in [1.82, 2.24) is 10.2 Å². The molecule has 0 amide bonds. The Morgan fingerprint density at radius 3 is 3.11 bits per heavy atom. The minimum absolute atomic E-state index is 0.666. The third-order valence-electron chi connectivity index (χ3n) is 3.63. The normalized spacial score (nSPS) is 22.3. The molecule has 0 spiro atoms. The van der Waals surface area contributed by atoms with Crippen molar-refractivity contribution in [3.8, 4) is 0 Å². The maximum absolute atomic E-state index is 5.74. The summed E-state index contributed by atoms with van der Waals surface area (Å²) < 4.78 is 5.74. The second-order valence-electron chi connectivity index (χ2n) is 5.52. The molecule has 0 saturated carbocycles. The van der Waals surface area contributed by atoms with Gasteiger partial charge in [0.1, 0.15) is 0 Å². The second kappa shape index (κ2) is 10.2. The molecule has 0 fully saturated rings. The van der Waals surface area contributed by atoms with Crippen LogP contribution in [-0.4, -0.2) is 45.4 Å². The lowest BCUT2D eigenvalue weighted by Crippen LogP contribution is -2.29. The zero-order chi connectivity index (χ0) is 13.9. The number of ether oxygens (including phenoxy) is 1. The lowest BCUT2D eigenvalue weighted by Gasteiger charge is -2.19. The summed E-state index contributed by atoms with van der Waals surface area (Å²) >= 11 is 0. The van der Waals surface area contributed by atoms with Crippen LogP contribution in [-0.2, 0) is 4.74 Å². The van der Waals surface area contributed by atoms with Gasteiger partial charge in [0.25, 0.3) is 0 Å². The van der Waals surface area contributed by atoms with Gasteiger partial charge in [0.15, 0.2) is 0 Å². The number of hydrogen-bond acceptors (Lipinski definition) is 3. The van der Waals surface area contributed by atoms with E-state index in [0.717, 1.165) is 45.7 Å². The molecular weight excluding hydrogens is 236 g/mol. The van der Waals surface area contributed by atoms with Gasteiger partial charge < -0.3 is 10.1 Å². The molecule has 3 nitrogen and oxygen atoms in total. The third kappa shape index (κ3) is 8.19. The first kappa shape index (κ1) is 16.4. The van der Waals surface area contributed by atoms with E-state index in [1.165, 1.54) is 18.4 Å². The molecule has 0 aromatic rings. The molecule has 0 radical (unpaired) electrons. The van der Waals surface area contributed by atoms with Crippen LogP contribution in [0.25, 0.3) is 0 Å². The molecule has 1 rings (SSSR count). The van der Waals surface area contributed by atoms with Crippen LogP contribution in [0.1, 0.15) is 32.1 Å². The van der Waals surface area contributed by atoms with Crippen molar-refractivity contribution in [2.24, 2.45) is 5.92 Å². The molecule has 1 N–H and O–H groups in total. The predicted octanol–water partition coefficient (Wildman–Crippen LogP) is 2.80. The van der Waals surface area contributed by atoms with Gasteiger partial charge in [-0.1, -0.05) is 24.3 Å². The van der Waals surface area contributed by atoms with Gasteiger partial charge in [-0.05, 0) is 52.1 Å². The summed E-state index contributed by atoms with van der Waals surface area (Å²) in [5.74, 6) is 0.666. The quantitative estimate of drug-likeness (QED) is 0.415. The number of nitrogens with zero attached hydrogens (tertiary/aromatic N) is 1. The molecule has 1 aliphatic carbocycles. The van der Waals surface area contributed by atoms with Gasteiger partial charge in [-0.15, -0.1) is 0 Å². The van der Waals surface area contributed by atoms with Crippen LogP contribution in [0.5, 0.6) is 0 Å². The highest BCUT2D eigenvalue weighted by Crippen LogP contribution is 2.22. The summed E-state index contributed by atoms with van der Waals surface area (Å²) in [6.07, 6.45) is 10.5. The van der Waals surface area contributed by atoms with Gasteiger partial charge >= 0.3 is 0 Å². The lowest BCUT2D eigenvalue weighted by atomic mass is 9.92. The number of rotatable bonds is 8. The van der Waals surface area contributed by atoms with Gasteiger partial charge in [-0.3, -0.25) is 4.90 Å². The standard InChI is InChI=1S/C16H30N2O/c1-15-6-4-5-7-16(9-8-15)10-13-19-14-18(3)12-11-17-2/h5,7,16-17H,1,4,6,8-14H2,2-3H3/b7-5+/t16-/m0/s1. The van der Waals surface area contributed by atoms with Crippen molar-refractivity contribution in [2.75, 3.05) is 40.5 Å². The minimum atomic E-state index is 0.666. The molecular formula is C16H30N2O. The van der Waals surface area contributed by atoms with Gasteiger partial charge in [0.05, 0.1) is 6.73 Å². The zero-order valence-electron chi connectivity index (χ0n) is 12.7. The average Bonchev–Trinajstić information content (AvgIpc) is 2.39. The SMILES string of the molecule is C=C1CC/C=C/[C@H](CCOCN(C)CCNC)CC1. The van der Waals surface area contributed by atoms with Crippen LogP contribution in [0.2, 0.25) is 0 Å². The summed E-state index contributed by atoms with van der Waals surface area (Å²) in [7, 11) is 4.07. The van der Waals surface area contributed by atoms with Crippen LogP contribution < -0.4 is 5.32 Å². The van der Waals surface area contributed by atoms with Crippen LogP contribution >= 0.6 is 0 Å². The van der Waals surface area contributed by atoms with Crippen molar-refractivity contribution in [3.05, 3.63) is 24.3 Å². The maximum Gasteiger partial charge on any atom is 0.0988 e. The van der Waals surface area contributed by atoms with Gasteiger partial charge in [-0.25, -0.2) is 0 Å². The molecule has 0 unspecified atom stereocenters. The smallest absolute Gasteiger partial charge is 0.0988 e. The molecule has 0 saturated heterocycles. The first-order chi connectivity index (χ1) is 9.22. The van der Waals surface area contributed by atoms with Gasteiger partial charge in [0, 0.05) is 19.7 Å². The molecule has 110 valence electrons. The van der Waals surface area contributed by atoms with E-state index in [1.807, 2.05) is 7.05 Å². The van der Waals surface area contributed by atoms with E-state index in [0.29, 0.717) is 5.92 Å². The molecule has 0 heterocycles. The van der Waals surface area contributed by atoms with Crippen LogP contribution in [0.3, 0.4) is 0 Å². The first-order valence-electron chi connectivity index (χ1n) is 7.46. The van der Waals surface area contributed by atoms with Crippen molar-refractivity contribution in [2.45, 2.75) is 32.1 Å². The third-order valence-corrected chi connectivity index (χ3v) is 3.63. The summed E-state index contributed by atoms with van der Waals surface area (Å²) in [4.78, 5) is 2.20. The molecule has 1 atom stereocenters. The minimum Gasteiger partial charge on any atom is -0.366 e. The van der Waals surface area contributed by atoms with Gasteiger partial charge in [-0.2, -0.15) is 0 Å². The Hall–Kier alpha value is -0.640. The Morgan fingerprint density at radius 2 is 2.32 bits per heavy atom. The molecule has 0 aromatic carbocycles. The number of hydrogen-bond donors (Lipinski definition) is 1. The first-order valence-corrected chi connectivity index (χ1v) is 7.46. The average molecular weight is 266 g/mol. The summed E-state index contributed by atoms with van der Waals surface area (Å²) in [6.45, 7) is 7.74. The fraction of sp³-hybridized carbons (Fsp3) is 0.750. The van der Waals surface area contributed by atoms with Gasteiger partial charge in [0.2, 0.25) is 0 Å². The molecule has 3 heteroatoms. The summed E-state index contributed by atoms with van der Waals surface area (Å²) in [5, 5.41) is 3.14. The van der Waals surface area contributed by atoms with E-state index in [4.69, 9.17) is 4.74 Å². The highest BCUT2D eigenvalue weighted by Gasteiger charge is 2.08. The Bertz CT molecular complexity index is 276. The van der Waals surface area contributed by atoms with Crippen LogP contribution in [0.4, 0.5) is 0 Å². The molecule has 1 aliphatic rings. The van der Waals surface area contributed by atoms with Crippen LogP contribution in [0, 0.1) is 5.92 Å². The summed E-state index contributed by atoms with van der Waals surface area (Å²) in [5.41, 5.74) is 1.40. The van der Waals surface area contributed by atoms with Crippen LogP contribution in [0.15, 0.2) is 24.3 Å². The fourth-order valence-corrected chi connectivity index (χ4v) is 2.25. The number of likely N-dealkylation sites (N-methyl/N-ethyl adjacent to an activating group) is 2. The maximum atomic E-state index is 5.74. The largest absolute Gasteiger partial charge is 0.366 e. The van der Waals surface area contributed by atoms with E-state index < -0.39 is 0 Å². The molecule has 0 aromatic heterocycles. The van der Waals surface area contributed by atoms with Crippen molar-refractivity contribution in [3.63, 3.8) is 0 Å². The van der Waals surface area contributed by atoms with E-state index in [2.05, 4.69) is 36.0 Å². The lowest BCUT2D eigenvalue weighted by molar-refractivity contribution is 0.0384. The second-order valence-corrected chi connectivity index (χ2v) is 5.52. The van der Waals surface area contributed by atoms with E-state index >= 15 is 0 Å². The Balaban J connectivity index is 2.10. The molecule has 0 bridgehead atoms. The van der Waals surface area contributed by atoms with E-state index in [9.17, 15) is 0 Å². The molecule has 19 heavy (non-hydrogen) atoms. The topological polar surface area (TPSA) is 24.5 Å². The summed E-state index contributed by atoms with van der Waals surface area (Å²) in [6, 6.07) is 0. The van der Waals surface area contributed by atoms with Crippen molar-refractivity contribution in [1.29, 1.82) is 0 Å². The van der Waals surface area contributed by atoms with Crippen molar-refractivity contribution >= 4 is 0 Å². The fourth-order valence-electron chi connectivity index (χ4n) is 2.25. The zero-order valence-corrected chi connectivity index (χ0v) is 12.7. The Labute approximate surface area is 118 Å². The van der Waals surface area contributed by atoms with Crippen molar-refractivity contribution < 1.29 is 4.74 Å². The number of nitrogens with one attached hydrogen (secondary N) is 1. The molecule has 0 aliphatic heterocycles. The van der Waals surface area contributed by atoms with E-state index in [1.54, 1.807) is 0 Å². The Kier molecular flexibility index (Phi) is 8.80. The number of allylic oxidation sites excluding steroid dienone is 3. The monoisotopic (exact) mass is 266 g/mol. The van der Waals surface area contributed by atoms with E-state index in [-0.39, 0.29) is 0 Å². The Morgan fingerprint density at radius 1 is 1.47 bits per heavy atom. The highest BCUT2D eigenvalue weighted by molar-refractivity contribution is 5.02. The predicted molar refractivity (Wildman–Crippen MR) is 82.2 cm³/mol. The highest BCUT2D eigenvalue weighted by atomic mass is 16.5.